The van der Waals surface area contributed by atoms with Gasteiger partial charge in [-0.15, -0.1) is 0 Å². The minimum Gasteiger partial charge on any atom is -0.346 e. The fourth-order valence-electron chi connectivity index (χ4n) is 0.798. The standard InChI is InChI=1S/C5H7Cl3O3/c6-5(7,8)1-3-2-10-4(9)11-3/h3-4,9H,1-2H2. The average Bonchev–Trinajstić information content (AvgIpc) is 2.10. The van der Waals surface area contributed by atoms with Crippen molar-refractivity contribution in [3.63, 3.8) is 0 Å². The van der Waals surface area contributed by atoms with E-state index >= 15 is 0 Å². The van der Waals surface area contributed by atoms with Gasteiger partial charge in [0, 0.05) is 6.42 Å². The first-order chi connectivity index (χ1) is 4.97. The predicted molar refractivity (Wildman–Crippen MR) is 41.7 cm³/mol. The molecule has 1 heterocycles. The lowest BCUT2D eigenvalue weighted by Gasteiger charge is -2.14. The number of hydrogen-bond donors (Lipinski definition) is 1. The van der Waals surface area contributed by atoms with Gasteiger partial charge in [-0.05, 0) is 0 Å². The average molecular weight is 221 g/mol. The summed E-state index contributed by atoms with van der Waals surface area (Å²) in [7, 11) is 0. The van der Waals surface area contributed by atoms with Crippen LogP contribution in [0.1, 0.15) is 6.42 Å². The Morgan fingerprint density at radius 3 is 2.45 bits per heavy atom. The van der Waals surface area contributed by atoms with E-state index in [9.17, 15) is 0 Å². The Kier molecular flexibility index (Phi) is 3.26. The Bertz CT molecular complexity index is 135. The highest BCUT2D eigenvalue weighted by Gasteiger charge is 2.32. The molecule has 0 amide bonds. The van der Waals surface area contributed by atoms with Gasteiger partial charge >= 0.3 is 0 Å². The minimum atomic E-state index is -1.35. The van der Waals surface area contributed by atoms with Crippen LogP contribution in [0, 0.1) is 0 Å². The van der Waals surface area contributed by atoms with Gasteiger partial charge in [-0.3, -0.25) is 0 Å². The molecule has 2 atom stereocenters. The van der Waals surface area contributed by atoms with Crippen molar-refractivity contribution >= 4 is 34.8 Å². The summed E-state index contributed by atoms with van der Waals surface area (Å²) in [6, 6.07) is 0. The lowest BCUT2D eigenvalue weighted by atomic mass is 10.3. The van der Waals surface area contributed by atoms with E-state index in [1.807, 2.05) is 0 Å². The quantitative estimate of drug-likeness (QED) is 0.681. The first-order valence-electron chi connectivity index (χ1n) is 2.99. The molecule has 0 bridgehead atoms. The Hall–Kier alpha value is 0.750. The van der Waals surface area contributed by atoms with Crippen LogP contribution in [-0.2, 0) is 9.47 Å². The smallest absolute Gasteiger partial charge is 0.269 e. The maximum Gasteiger partial charge on any atom is 0.269 e. The van der Waals surface area contributed by atoms with Gasteiger partial charge in [-0.25, -0.2) is 0 Å². The summed E-state index contributed by atoms with van der Waals surface area (Å²) in [5.74, 6) is 0. The summed E-state index contributed by atoms with van der Waals surface area (Å²) in [6.07, 6.45) is -0.119. The van der Waals surface area contributed by atoms with Crippen molar-refractivity contribution in [2.24, 2.45) is 0 Å². The van der Waals surface area contributed by atoms with E-state index in [-0.39, 0.29) is 19.1 Å². The van der Waals surface area contributed by atoms with Crippen molar-refractivity contribution in [1.29, 1.82) is 0 Å². The van der Waals surface area contributed by atoms with E-state index in [1.165, 1.54) is 0 Å². The predicted octanol–water partition coefficient (Wildman–Crippen LogP) is 1.44. The second-order valence-electron chi connectivity index (χ2n) is 2.22. The highest BCUT2D eigenvalue weighted by molar-refractivity contribution is 6.67. The third-order valence-corrected chi connectivity index (χ3v) is 1.66. The zero-order valence-corrected chi connectivity index (χ0v) is 7.73. The lowest BCUT2D eigenvalue weighted by Crippen LogP contribution is -2.19. The first-order valence-corrected chi connectivity index (χ1v) is 4.12. The summed E-state index contributed by atoms with van der Waals surface area (Å²) in [4.78, 5) is 0. The highest BCUT2D eigenvalue weighted by atomic mass is 35.6. The fraction of sp³-hybridized carbons (Fsp3) is 1.00. The molecule has 0 aliphatic carbocycles. The van der Waals surface area contributed by atoms with Crippen LogP contribution in [-0.4, -0.2) is 28.1 Å². The van der Waals surface area contributed by atoms with Crippen LogP contribution >= 0.6 is 34.8 Å². The normalized spacial score (nSPS) is 32.7. The molecule has 1 aliphatic rings. The van der Waals surface area contributed by atoms with Crippen LogP contribution < -0.4 is 0 Å². The molecule has 6 heteroatoms. The van der Waals surface area contributed by atoms with E-state index in [1.54, 1.807) is 0 Å². The number of halogens is 3. The van der Waals surface area contributed by atoms with Gasteiger partial charge in [0.15, 0.2) is 3.79 Å². The third-order valence-electron chi connectivity index (χ3n) is 1.19. The van der Waals surface area contributed by atoms with Gasteiger partial charge < -0.3 is 14.6 Å². The number of ether oxygens (including phenoxy) is 2. The molecule has 0 aromatic rings. The molecule has 1 aliphatic heterocycles. The molecule has 0 spiro atoms. The monoisotopic (exact) mass is 220 g/mol. The van der Waals surface area contributed by atoms with Gasteiger partial charge in [0.2, 0.25) is 0 Å². The number of rotatable bonds is 1. The van der Waals surface area contributed by atoms with Gasteiger partial charge in [0.1, 0.15) is 0 Å². The topological polar surface area (TPSA) is 38.7 Å². The van der Waals surface area contributed by atoms with E-state index in [0.29, 0.717) is 0 Å². The molecular formula is C5H7Cl3O3. The Labute approximate surface area is 79.1 Å². The minimum absolute atomic E-state index is 0.217. The molecule has 2 unspecified atom stereocenters. The summed E-state index contributed by atoms with van der Waals surface area (Å²) >= 11 is 16.4. The number of alkyl halides is 3. The number of hydrogen-bond acceptors (Lipinski definition) is 3. The Morgan fingerprint density at radius 1 is 1.45 bits per heavy atom. The number of aliphatic hydroxyl groups excluding tert-OH is 1. The van der Waals surface area contributed by atoms with Crippen molar-refractivity contribution in [2.75, 3.05) is 6.61 Å². The van der Waals surface area contributed by atoms with Crippen LogP contribution in [0.25, 0.3) is 0 Å². The zero-order valence-electron chi connectivity index (χ0n) is 5.47. The molecule has 0 saturated carbocycles. The summed E-state index contributed by atoms with van der Waals surface area (Å²) in [5.41, 5.74) is 0. The Balaban J connectivity index is 2.29. The van der Waals surface area contributed by atoms with E-state index in [0.717, 1.165) is 0 Å². The van der Waals surface area contributed by atoms with Crippen LogP contribution in [0.4, 0.5) is 0 Å². The summed E-state index contributed by atoms with van der Waals surface area (Å²) in [5, 5.41) is 8.72. The molecule has 1 fully saturated rings. The molecule has 1 N–H and O–H groups in total. The van der Waals surface area contributed by atoms with Crippen molar-refractivity contribution in [1.82, 2.24) is 0 Å². The molecule has 3 nitrogen and oxygen atoms in total. The second-order valence-corrected chi connectivity index (χ2v) is 4.73. The van der Waals surface area contributed by atoms with Crippen LogP contribution in [0.2, 0.25) is 0 Å². The van der Waals surface area contributed by atoms with Gasteiger partial charge in [-0.2, -0.15) is 0 Å². The van der Waals surface area contributed by atoms with Crippen LogP contribution in [0.3, 0.4) is 0 Å². The summed E-state index contributed by atoms with van der Waals surface area (Å²) in [6.45, 7) is -0.915. The molecule has 11 heavy (non-hydrogen) atoms. The molecular weight excluding hydrogens is 214 g/mol. The molecule has 1 rings (SSSR count). The van der Waals surface area contributed by atoms with Gasteiger partial charge in [0.25, 0.3) is 6.48 Å². The summed E-state index contributed by atoms with van der Waals surface area (Å²) < 4.78 is 8.14. The van der Waals surface area contributed by atoms with Crippen molar-refractivity contribution in [3.05, 3.63) is 0 Å². The largest absolute Gasteiger partial charge is 0.346 e. The SMILES string of the molecule is OC1OCC(CC(Cl)(Cl)Cl)O1. The van der Waals surface area contributed by atoms with Gasteiger partial charge in [0.05, 0.1) is 12.7 Å². The number of aliphatic hydroxyl groups is 1. The highest BCUT2D eigenvalue weighted by Crippen LogP contribution is 2.33. The second kappa shape index (κ2) is 3.64. The Morgan fingerprint density at radius 2 is 2.09 bits per heavy atom. The van der Waals surface area contributed by atoms with Crippen molar-refractivity contribution < 1.29 is 14.6 Å². The maximum atomic E-state index is 8.72. The first kappa shape index (κ1) is 9.84. The molecule has 0 radical (unpaired) electrons. The lowest BCUT2D eigenvalue weighted by molar-refractivity contribution is -0.204. The van der Waals surface area contributed by atoms with E-state index in [2.05, 4.69) is 4.74 Å². The fourth-order valence-corrected chi connectivity index (χ4v) is 1.31. The molecule has 0 aromatic heterocycles. The van der Waals surface area contributed by atoms with Crippen LogP contribution in [0.15, 0.2) is 0 Å². The van der Waals surface area contributed by atoms with Gasteiger partial charge in [-0.1, -0.05) is 34.8 Å². The van der Waals surface area contributed by atoms with Crippen molar-refractivity contribution in [2.45, 2.75) is 22.8 Å². The van der Waals surface area contributed by atoms with E-state index in [4.69, 9.17) is 44.6 Å². The zero-order chi connectivity index (χ0) is 8.48. The molecule has 1 saturated heterocycles. The molecule has 0 aromatic carbocycles. The third kappa shape index (κ3) is 3.78. The van der Waals surface area contributed by atoms with Crippen molar-refractivity contribution in [3.8, 4) is 0 Å². The molecule has 66 valence electrons. The van der Waals surface area contributed by atoms with Crippen LogP contribution in [0.5, 0.6) is 0 Å². The van der Waals surface area contributed by atoms with E-state index < -0.39 is 10.3 Å². The maximum absolute atomic E-state index is 8.72.